The average Bonchev–Trinajstić information content (AvgIpc) is 2.34. The molecule has 0 saturated carbocycles. The van der Waals surface area contributed by atoms with Crippen molar-refractivity contribution in [2.75, 3.05) is 3.53 Å². The molecule has 0 radical (unpaired) electrons. The number of hydrogen-bond donors (Lipinski definition) is 1. The van der Waals surface area contributed by atoms with Gasteiger partial charge in [-0.3, -0.25) is 9.36 Å². The predicted molar refractivity (Wildman–Crippen MR) is 76.7 cm³/mol. The lowest BCUT2D eigenvalue weighted by Crippen LogP contribution is -2.31. The van der Waals surface area contributed by atoms with Crippen LogP contribution in [-0.2, 0) is 9.53 Å². The SMILES string of the molecule is CCC(OC(C)n1ccc(NI)nc1=O)C(C)=O. The molecule has 0 aromatic carbocycles. The molecule has 0 saturated heterocycles. The summed E-state index contributed by atoms with van der Waals surface area (Å²) in [5.41, 5.74) is -0.414. The number of aromatic nitrogens is 2. The third-order valence-electron chi connectivity index (χ3n) is 2.50. The molecule has 7 heteroatoms. The molecule has 6 nitrogen and oxygen atoms in total. The monoisotopic (exact) mass is 365 g/mol. The molecule has 0 amide bonds. The van der Waals surface area contributed by atoms with Crippen LogP contribution in [0, 0.1) is 0 Å². The molecule has 0 bridgehead atoms. The van der Waals surface area contributed by atoms with Crippen molar-refractivity contribution in [3.8, 4) is 0 Å². The van der Waals surface area contributed by atoms with E-state index < -0.39 is 18.0 Å². The molecule has 0 aliphatic heterocycles. The zero-order valence-electron chi connectivity index (χ0n) is 10.5. The van der Waals surface area contributed by atoms with E-state index in [1.807, 2.05) is 29.8 Å². The second-order valence-corrected chi connectivity index (χ2v) is 4.38. The molecule has 1 N–H and O–H groups in total. The number of ether oxygens (including phenoxy) is 1. The Balaban J connectivity index is 2.87. The molecule has 0 spiro atoms. The van der Waals surface area contributed by atoms with Gasteiger partial charge in [0.15, 0.2) is 5.78 Å². The maximum Gasteiger partial charge on any atom is 0.351 e. The van der Waals surface area contributed by atoms with Crippen LogP contribution in [0.2, 0.25) is 0 Å². The first-order chi connectivity index (χ1) is 8.49. The van der Waals surface area contributed by atoms with Crippen LogP contribution in [0.5, 0.6) is 0 Å². The second-order valence-electron chi connectivity index (χ2n) is 3.84. The highest BCUT2D eigenvalue weighted by molar-refractivity contribution is 14.1. The van der Waals surface area contributed by atoms with Crippen LogP contribution >= 0.6 is 22.9 Å². The van der Waals surface area contributed by atoms with Gasteiger partial charge in [-0.1, -0.05) is 6.92 Å². The minimum absolute atomic E-state index is 0.0455. The molecule has 2 unspecified atom stereocenters. The smallest absolute Gasteiger partial charge is 0.347 e. The summed E-state index contributed by atoms with van der Waals surface area (Å²) in [5.74, 6) is 0.443. The number of anilines is 1. The quantitative estimate of drug-likeness (QED) is 0.616. The Morgan fingerprint density at radius 1 is 1.67 bits per heavy atom. The van der Waals surface area contributed by atoms with E-state index in [-0.39, 0.29) is 5.78 Å². The van der Waals surface area contributed by atoms with Crippen LogP contribution < -0.4 is 9.22 Å². The van der Waals surface area contributed by atoms with Crippen LogP contribution in [0.15, 0.2) is 17.1 Å². The fraction of sp³-hybridized carbons (Fsp3) is 0.545. The molecule has 2 atom stereocenters. The highest BCUT2D eigenvalue weighted by Gasteiger charge is 2.17. The molecule has 18 heavy (non-hydrogen) atoms. The van der Waals surface area contributed by atoms with Gasteiger partial charge in [0.1, 0.15) is 18.1 Å². The number of halogens is 1. The second kappa shape index (κ2) is 6.83. The van der Waals surface area contributed by atoms with E-state index in [9.17, 15) is 9.59 Å². The first kappa shape index (κ1) is 15.1. The highest BCUT2D eigenvalue weighted by atomic mass is 127. The van der Waals surface area contributed by atoms with E-state index in [1.54, 1.807) is 19.2 Å². The van der Waals surface area contributed by atoms with Crippen LogP contribution in [0.3, 0.4) is 0 Å². The number of rotatable bonds is 6. The largest absolute Gasteiger partial charge is 0.351 e. The minimum atomic E-state index is -0.526. The number of Topliss-reactive ketones (excluding diaryl/α,β-unsaturated/α-hetero) is 1. The Morgan fingerprint density at radius 3 is 2.78 bits per heavy atom. The molecule has 0 fully saturated rings. The van der Waals surface area contributed by atoms with Gasteiger partial charge in [0.05, 0.1) is 22.9 Å². The first-order valence-corrected chi connectivity index (χ1v) is 6.69. The predicted octanol–water partition coefficient (Wildman–Crippen LogP) is 1.91. The summed E-state index contributed by atoms with van der Waals surface area (Å²) in [5, 5.41) is 0. The number of carbonyl (C=O) groups is 1. The number of carbonyl (C=O) groups excluding carboxylic acids is 1. The maximum atomic E-state index is 11.7. The van der Waals surface area contributed by atoms with E-state index >= 15 is 0 Å². The lowest BCUT2D eigenvalue weighted by molar-refractivity contribution is -0.135. The van der Waals surface area contributed by atoms with Crippen molar-refractivity contribution < 1.29 is 9.53 Å². The van der Waals surface area contributed by atoms with Crippen LogP contribution in [0.4, 0.5) is 5.82 Å². The third-order valence-corrected chi connectivity index (χ3v) is 3.06. The van der Waals surface area contributed by atoms with Gasteiger partial charge < -0.3 is 8.27 Å². The van der Waals surface area contributed by atoms with Crippen molar-refractivity contribution in [3.05, 3.63) is 22.7 Å². The van der Waals surface area contributed by atoms with Crippen molar-refractivity contribution in [3.63, 3.8) is 0 Å². The molecule has 1 aromatic rings. The zero-order valence-corrected chi connectivity index (χ0v) is 12.7. The van der Waals surface area contributed by atoms with Gasteiger partial charge in [0, 0.05) is 6.20 Å². The Hall–Kier alpha value is -0.960. The van der Waals surface area contributed by atoms with Gasteiger partial charge in [0.2, 0.25) is 0 Å². The van der Waals surface area contributed by atoms with Gasteiger partial charge in [0.25, 0.3) is 0 Å². The summed E-state index contributed by atoms with van der Waals surface area (Å²) in [6, 6.07) is 1.67. The van der Waals surface area contributed by atoms with Crippen molar-refractivity contribution in [1.29, 1.82) is 0 Å². The van der Waals surface area contributed by atoms with E-state index in [0.717, 1.165) is 0 Å². The fourth-order valence-corrected chi connectivity index (χ4v) is 1.83. The Kier molecular flexibility index (Phi) is 5.73. The van der Waals surface area contributed by atoms with E-state index in [2.05, 4.69) is 8.51 Å². The summed E-state index contributed by atoms with van der Waals surface area (Å²) < 4.78 is 9.66. The summed E-state index contributed by atoms with van der Waals surface area (Å²) in [7, 11) is 0. The van der Waals surface area contributed by atoms with Gasteiger partial charge in [-0.15, -0.1) is 0 Å². The lowest BCUT2D eigenvalue weighted by atomic mass is 10.2. The molecule has 1 heterocycles. The average molecular weight is 365 g/mol. The maximum absolute atomic E-state index is 11.7. The highest BCUT2D eigenvalue weighted by Crippen LogP contribution is 2.12. The summed E-state index contributed by atoms with van der Waals surface area (Å²) in [6.45, 7) is 5.06. The molecule has 100 valence electrons. The fourth-order valence-electron chi connectivity index (χ4n) is 1.52. The van der Waals surface area contributed by atoms with Crippen LogP contribution in [0.25, 0.3) is 0 Å². The van der Waals surface area contributed by atoms with Crippen LogP contribution in [0.1, 0.15) is 33.4 Å². The number of nitrogens with zero attached hydrogens (tertiary/aromatic N) is 2. The van der Waals surface area contributed by atoms with Gasteiger partial charge in [-0.2, -0.15) is 4.98 Å². The minimum Gasteiger partial charge on any atom is -0.347 e. The van der Waals surface area contributed by atoms with Crippen LogP contribution in [-0.4, -0.2) is 21.4 Å². The first-order valence-electron chi connectivity index (χ1n) is 5.61. The van der Waals surface area contributed by atoms with Crippen molar-refractivity contribution in [2.24, 2.45) is 0 Å². The topological polar surface area (TPSA) is 73.2 Å². The van der Waals surface area contributed by atoms with Gasteiger partial charge in [-0.05, 0) is 26.3 Å². The summed E-state index contributed by atoms with van der Waals surface area (Å²) in [6.07, 6.45) is 1.15. The Bertz CT molecular complexity index is 475. The molecular formula is C11H16IN3O3. The number of hydrogen-bond acceptors (Lipinski definition) is 5. The molecule has 1 rings (SSSR count). The van der Waals surface area contributed by atoms with E-state index in [1.165, 1.54) is 11.5 Å². The lowest BCUT2D eigenvalue weighted by Gasteiger charge is -2.20. The molecule has 0 aliphatic rings. The zero-order chi connectivity index (χ0) is 13.7. The summed E-state index contributed by atoms with van der Waals surface area (Å²) >= 11 is 1.90. The van der Waals surface area contributed by atoms with E-state index in [4.69, 9.17) is 4.74 Å². The number of nitrogens with one attached hydrogen (secondary N) is 1. The Labute approximate surface area is 119 Å². The molecular weight excluding hydrogens is 349 g/mol. The van der Waals surface area contributed by atoms with E-state index in [0.29, 0.717) is 12.2 Å². The Morgan fingerprint density at radius 2 is 2.33 bits per heavy atom. The number of ketones is 1. The van der Waals surface area contributed by atoms with Gasteiger partial charge in [-0.25, -0.2) is 4.79 Å². The van der Waals surface area contributed by atoms with Crippen molar-refractivity contribution >= 4 is 34.5 Å². The normalized spacial score (nSPS) is 14.0. The summed E-state index contributed by atoms with van der Waals surface area (Å²) in [4.78, 5) is 26.8. The van der Waals surface area contributed by atoms with Gasteiger partial charge >= 0.3 is 5.69 Å². The molecule has 0 aliphatic carbocycles. The third kappa shape index (κ3) is 3.77. The molecule has 1 aromatic heterocycles. The van der Waals surface area contributed by atoms with Crippen molar-refractivity contribution in [1.82, 2.24) is 9.55 Å². The van der Waals surface area contributed by atoms with Crippen molar-refractivity contribution in [2.45, 2.75) is 39.5 Å². The standard InChI is InChI=1S/C11H16IN3O3/c1-4-9(7(2)16)18-8(3)15-6-5-10(14-12)13-11(15)17/h5-6,8-9H,4H2,1-3H3,(H,13,14,17).